The van der Waals surface area contributed by atoms with E-state index >= 15 is 0 Å². The number of anilines is 1. The molecule has 2 fully saturated rings. The van der Waals surface area contributed by atoms with Gasteiger partial charge in [0, 0.05) is 45.1 Å². The lowest BCUT2D eigenvalue weighted by atomic mass is 9.92. The van der Waals surface area contributed by atoms with Crippen LogP contribution in [0.15, 0.2) is 30.3 Å². The molecule has 0 spiro atoms. The number of hydrogen-bond acceptors (Lipinski definition) is 5. The summed E-state index contributed by atoms with van der Waals surface area (Å²) in [5.74, 6) is -0.160. The van der Waals surface area contributed by atoms with Crippen molar-refractivity contribution in [1.82, 2.24) is 10.2 Å². The predicted octanol–water partition coefficient (Wildman–Crippen LogP) is 0.205. The molecule has 2 saturated heterocycles. The molecule has 2 amide bonds. The summed E-state index contributed by atoms with van der Waals surface area (Å²) in [5, 5.41) is 2.71. The Morgan fingerprint density at radius 3 is 2.42 bits per heavy atom. The zero-order valence-electron chi connectivity index (χ0n) is 15.1. The van der Waals surface area contributed by atoms with Gasteiger partial charge in [0.2, 0.25) is 11.8 Å². The lowest BCUT2D eigenvalue weighted by molar-refractivity contribution is -0.133. The highest BCUT2D eigenvalue weighted by molar-refractivity contribution is 5.87. The van der Waals surface area contributed by atoms with Gasteiger partial charge in [-0.25, -0.2) is 0 Å². The van der Waals surface area contributed by atoms with Crippen LogP contribution in [0, 0.1) is 5.92 Å². The van der Waals surface area contributed by atoms with E-state index in [1.165, 1.54) is 5.69 Å². The highest BCUT2D eigenvalue weighted by atomic mass is 16.5. The standard InChI is InChI=1S/C19H28N4O3/c20-18(15-6-12-26-13-7-15)19(25)21-14-17(24)23-10-8-22(9-11-23)16-4-2-1-3-5-16/h1-5,15,18H,6-14,20H2,(H,21,25). The number of rotatable bonds is 5. The number of hydrogen-bond donors (Lipinski definition) is 2. The van der Waals surface area contributed by atoms with Crippen LogP contribution in [0.25, 0.3) is 0 Å². The number of ether oxygens (including phenoxy) is 1. The minimum Gasteiger partial charge on any atom is -0.381 e. The first-order valence-electron chi connectivity index (χ1n) is 9.34. The fourth-order valence-electron chi connectivity index (χ4n) is 3.53. The highest BCUT2D eigenvalue weighted by Crippen LogP contribution is 2.18. The summed E-state index contributed by atoms with van der Waals surface area (Å²) in [5.41, 5.74) is 7.22. The van der Waals surface area contributed by atoms with E-state index in [-0.39, 0.29) is 24.3 Å². The Balaban J connectivity index is 1.40. The Morgan fingerprint density at radius 1 is 1.12 bits per heavy atom. The molecule has 0 bridgehead atoms. The van der Waals surface area contributed by atoms with Crippen LogP contribution in [0.4, 0.5) is 5.69 Å². The van der Waals surface area contributed by atoms with Crippen molar-refractivity contribution in [3.8, 4) is 0 Å². The van der Waals surface area contributed by atoms with Crippen LogP contribution in [0.2, 0.25) is 0 Å². The zero-order chi connectivity index (χ0) is 18.4. The molecule has 0 aromatic heterocycles. The van der Waals surface area contributed by atoms with Gasteiger partial charge in [-0.1, -0.05) is 18.2 Å². The van der Waals surface area contributed by atoms with Crippen molar-refractivity contribution in [3.63, 3.8) is 0 Å². The van der Waals surface area contributed by atoms with E-state index < -0.39 is 6.04 Å². The van der Waals surface area contributed by atoms with Gasteiger partial charge in [-0.15, -0.1) is 0 Å². The Hall–Kier alpha value is -2.12. The third-order valence-electron chi connectivity index (χ3n) is 5.24. The van der Waals surface area contributed by atoms with E-state index in [2.05, 4.69) is 22.3 Å². The normalized spacial score (nSPS) is 19.9. The summed E-state index contributed by atoms with van der Waals surface area (Å²) in [4.78, 5) is 28.7. The van der Waals surface area contributed by atoms with Gasteiger partial charge in [-0.3, -0.25) is 9.59 Å². The second-order valence-electron chi connectivity index (χ2n) is 6.90. The molecule has 7 nitrogen and oxygen atoms in total. The fourth-order valence-corrected chi connectivity index (χ4v) is 3.53. The maximum atomic E-state index is 12.4. The Labute approximate surface area is 154 Å². The Morgan fingerprint density at radius 2 is 1.77 bits per heavy atom. The van der Waals surface area contributed by atoms with Crippen LogP contribution in [0.5, 0.6) is 0 Å². The molecule has 1 atom stereocenters. The van der Waals surface area contributed by atoms with Crippen molar-refractivity contribution in [2.75, 3.05) is 50.8 Å². The van der Waals surface area contributed by atoms with Gasteiger partial charge in [-0.2, -0.15) is 0 Å². The largest absolute Gasteiger partial charge is 0.381 e. The number of para-hydroxylation sites is 1. The van der Waals surface area contributed by atoms with Crippen LogP contribution in [-0.4, -0.2) is 68.7 Å². The van der Waals surface area contributed by atoms with Gasteiger partial charge in [0.15, 0.2) is 0 Å². The van der Waals surface area contributed by atoms with E-state index in [0.717, 1.165) is 25.9 Å². The van der Waals surface area contributed by atoms with Crippen molar-refractivity contribution in [1.29, 1.82) is 0 Å². The maximum absolute atomic E-state index is 12.4. The van der Waals surface area contributed by atoms with Crippen molar-refractivity contribution >= 4 is 17.5 Å². The van der Waals surface area contributed by atoms with Crippen molar-refractivity contribution in [2.24, 2.45) is 11.7 Å². The molecule has 7 heteroatoms. The van der Waals surface area contributed by atoms with Crippen LogP contribution in [0.1, 0.15) is 12.8 Å². The quantitative estimate of drug-likeness (QED) is 0.784. The highest BCUT2D eigenvalue weighted by Gasteiger charge is 2.27. The van der Waals surface area contributed by atoms with E-state index in [0.29, 0.717) is 26.3 Å². The number of nitrogens with zero attached hydrogens (tertiary/aromatic N) is 2. The molecule has 3 rings (SSSR count). The number of carbonyl (C=O) groups is 2. The second-order valence-corrected chi connectivity index (χ2v) is 6.90. The van der Waals surface area contributed by atoms with Gasteiger partial charge >= 0.3 is 0 Å². The molecule has 0 radical (unpaired) electrons. The lowest BCUT2D eigenvalue weighted by Gasteiger charge is -2.36. The third kappa shape index (κ3) is 4.74. The molecular formula is C19H28N4O3. The van der Waals surface area contributed by atoms with Crippen LogP contribution < -0.4 is 16.0 Å². The van der Waals surface area contributed by atoms with E-state index in [9.17, 15) is 9.59 Å². The number of nitrogens with one attached hydrogen (secondary N) is 1. The number of benzene rings is 1. The molecule has 0 saturated carbocycles. The summed E-state index contributed by atoms with van der Waals surface area (Å²) < 4.78 is 5.30. The SMILES string of the molecule is NC(C(=O)NCC(=O)N1CCN(c2ccccc2)CC1)C1CCOCC1. The first kappa shape index (κ1) is 18.7. The van der Waals surface area contributed by atoms with E-state index in [1.807, 2.05) is 18.2 Å². The van der Waals surface area contributed by atoms with Crippen LogP contribution in [-0.2, 0) is 14.3 Å². The van der Waals surface area contributed by atoms with Crippen LogP contribution >= 0.6 is 0 Å². The molecule has 26 heavy (non-hydrogen) atoms. The van der Waals surface area contributed by atoms with E-state index in [1.54, 1.807) is 4.90 Å². The average Bonchev–Trinajstić information content (AvgIpc) is 2.72. The molecule has 1 aromatic carbocycles. The summed E-state index contributed by atoms with van der Waals surface area (Å²) in [6.45, 7) is 4.23. The average molecular weight is 360 g/mol. The first-order chi connectivity index (χ1) is 12.6. The van der Waals surface area contributed by atoms with Crippen LogP contribution in [0.3, 0.4) is 0 Å². The van der Waals surface area contributed by atoms with Gasteiger partial charge < -0.3 is 25.6 Å². The molecule has 1 aromatic rings. The summed E-state index contributed by atoms with van der Waals surface area (Å²) in [6, 6.07) is 9.62. The van der Waals surface area contributed by atoms with Gasteiger partial charge in [0.05, 0.1) is 12.6 Å². The fraction of sp³-hybridized carbons (Fsp3) is 0.579. The van der Waals surface area contributed by atoms with Gasteiger partial charge in [0.1, 0.15) is 0 Å². The Bertz CT molecular complexity index is 596. The number of piperazine rings is 1. The minimum atomic E-state index is -0.568. The van der Waals surface area contributed by atoms with Gasteiger partial charge in [0.25, 0.3) is 0 Å². The minimum absolute atomic E-state index is 0.0150. The molecule has 2 aliphatic rings. The first-order valence-corrected chi connectivity index (χ1v) is 9.34. The lowest BCUT2D eigenvalue weighted by Crippen LogP contribution is -2.53. The maximum Gasteiger partial charge on any atom is 0.242 e. The predicted molar refractivity (Wildman–Crippen MR) is 99.8 cm³/mol. The van der Waals surface area contributed by atoms with Gasteiger partial charge in [-0.05, 0) is 30.9 Å². The molecule has 3 N–H and O–H groups in total. The summed E-state index contributed by atoms with van der Waals surface area (Å²) in [7, 11) is 0. The summed E-state index contributed by atoms with van der Waals surface area (Å²) >= 11 is 0. The second kappa shape index (κ2) is 9.00. The van der Waals surface area contributed by atoms with Crippen molar-refractivity contribution < 1.29 is 14.3 Å². The third-order valence-corrected chi connectivity index (χ3v) is 5.24. The molecular weight excluding hydrogens is 332 g/mol. The number of carbonyl (C=O) groups excluding carboxylic acids is 2. The number of nitrogens with two attached hydrogens (primary N) is 1. The number of amides is 2. The molecule has 2 heterocycles. The Kier molecular flexibility index (Phi) is 6.46. The zero-order valence-corrected chi connectivity index (χ0v) is 15.1. The summed E-state index contributed by atoms with van der Waals surface area (Å²) in [6.07, 6.45) is 1.59. The van der Waals surface area contributed by atoms with Crippen molar-refractivity contribution in [2.45, 2.75) is 18.9 Å². The molecule has 142 valence electrons. The molecule has 1 unspecified atom stereocenters. The topological polar surface area (TPSA) is 87.9 Å². The molecule has 2 aliphatic heterocycles. The molecule has 0 aliphatic carbocycles. The smallest absolute Gasteiger partial charge is 0.242 e. The van der Waals surface area contributed by atoms with Crippen molar-refractivity contribution in [3.05, 3.63) is 30.3 Å². The monoisotopic (exact) mass is 360 g/mol. The van der Waals surface area contributed by atoms with E-state index in [4.69, 9.17) is 10.5 Å².